The number of carbonyl (C=O) groups is 1. The van der Waals surface area contributed by atoms with Gasteiger partial charge in [0.1, 0.15) is 0 Å². The van der Waals surface area contributed by atoms with Crippen LogP contribution in [0.15, 0.2) is 11.3 Å². The largest absolute Gasteiger partial charge is 0.547 e. The van der Waals surface area contributed by atoms with E-state index < -0.39 is 8.32 Å². The maximum atomic E-state index is 12.4. The molecule has 116 valence electrons. The summed E-state index contributed by atoms with van der Waals surface area (Å²) in [5, 5.41) is 0.316. The molecule has 0 unspecified atom stereocenters. The lowest BCUT2D eigenvalue weighted by molar-refractivity contribution is -0.115. The molecule has 2 atom stereocenters. The fraction of sp³-hybridized carbons (Fsp3) is 0.812. The van der Waals surface area contributed by atoms with E-state index in [1.807, 2.05) is 0 Å². The van der Waals surface area contributed by atoms with Crippen LogP contribution < -0.4 is 0 Å². The normalized spacial score (nSPS) is 22.1. The number of hydrogen-bond donors (Lipinski definition) is 0. The minimum atomic E-state index is -1.54. The zero-order valence-electron chi connectivity index (χ0n) is 14.3. The molecule has 0 radical (unpaired) electrons. The first-order valence-electron chi connectivity index (χ1n) is 7.52. The van der Waals surface area contributed by atoms with Gasteiger partial charge < -0.3 is 4.43 Å². The summed E-state index contributed by atoms with van der Waals surface area (Å²) < 4.78 is 6.17. The van der Waals surface area contributed by atoms with E-state index in [9.17, 15) is 4.79 Å². The van der Waals surface area contributed by atoms with Crippen LogP contribution in [0.2, 0.25) is 19.6 Å². The molecule has 0 fully saturated rings. The van der Waals surface area contributed by atoms with Gasteiger partial charge in [-0.2, -0.15) is 0 Å². The fourth-order valence-corrected chi connectivity index (χ4v) is 4.55. The van der Waals surface area contributed by atoms with Crippen LogP contribution in [0.3, 0.4) is 0 Å². The lowest BCUT2D eigenvalue weighted by atomic mass is 9.90. The minimum absolute atomic E-state index is 0.000774. The third-order valence-electron chi connectivity index (χ3n) is 3.49. The van der Waals surface area contributed by atoms with Crippen molar-refractivity contribution in [1.82, 2.24) is 0 Å². The third kappa shape index (κ3) is 5.28. The summed E-state index contributed by atoms with van der Waals surface area (Å²) in [7, 11) is -1.54. The van der Waals surface area contributed by atoms with Crippen LogP contribution in [0, 0.1) is 11.8 Å². The first-order chi connectivity index (χ1) is 8.91. The maximum absolute atomic E-state index is 12.4. The highest BCUT2D eigenvalue weighted by Crippen LogP contribution is 2.41. The van der Waals surface area contributed by atoms with Crippen molar-refractivity contribution in [3.63, 3.8) is 0 Å². The number of hydrogen-bond acceptors (Lipinski definition) is 3. The van der Waals surface area contributed by atoms with Crippen molar-refractivity contribution in [2.75, 3.05) is 0 Å². The van der Waals surface area contributed by atoms with Crippen LogP contribution in [-0.4, -0.2) is 18.2 Å². The highest BCUT2D eigenvalue weighted by atomic mass is 32.2. The van der Waals surface area contributed by atoms with E-state index in [1.165, 1.54) is 17.3 Å². The molecule has 1 aliphatic rings. The molecule has 0 amide bonds. The quantitative estimate of drug-likeness (QED) is 0.666. The Morgan fingerprint density at radius 3 is 2.35 bits per heavy atom. The second kappa shape index (κ2) is 6.26. The van der Waals surface area contributed by atoms with Gasteiger partial charge in [0.25, 0.3) is 0 Å². The van der Waals surface area contributed by atoms with E-state index in [1.54, 1.807) is 0 Å². The molecule has 0 aliphatic heterocycles. The van der Waals surface area contributed by atoms with Gasteiger partial charge in [-0.15, -0.1) is 0 Å². The highest BCUT2D eigenvalue weighted by Gasteiger charge is 2.34. The molecule has 1 rings (SSSR count). The van der Waals surface area contributed by atoms with E-state index in [-0.39, 0.29) is 10.7 Å². The molecule has 0 aromatic heterocycles. The van der Waals surface area contributed by atoms with Crippen LogP contribution in [0.1, 0.15) is 47.5 Å². The van der Waals surface area contributed by atoms with Crippen LogP contribution in [0.5, 0.6) is 0 Å². The Labute approximate surface area is 129 Å². The molecular formula is C16H30O2SSi. The minimum Gasteiger partial charge on any atom is -0.547 e. The Kier molecular flexibility index (Phi) is 5.58. The molecule has 0 aromatic carbocycles. The molecule has 0 saturated carbocycles. The van der Waals surface area contributed by atoms with Gasteiger partial charge in [-0.25, -0.2) is 0 Å². The van der Waals surface area contributed by atoms with Gasteiger partial charge in [0.2, 0.25) is 8.32 Å². The molecule has 1 aliphatic carbocycles. The van der Waals surface area contributed by atoms with E-state index in [2.05, 4.69) is 54.3 Å². The number of allylic oxidation sites excluding steroid dienone is 2. The zero-order chi connectivity index (χ0) is 15.7. The van der Waals surface area contributed by atoms with Crippen LogP contribution >= 0.6 is 11.8 Å². The second-order valence-electron chi connectivity index (χ2n) is 7.79. The summed E-state index contributed by atoms with van der Waals surface area (Å²) in [4.78, 5) is 12.4. The van der Waals surface area contributed by atoms with Crippen molar-refractivity contribution in [3.05, 3.63) is 11.3 Å². The van der Waals surface area contributed by atoms with E-state index >= 15 is 0 Å². The lowest BCUT2D eigenvalue weighted by Gasteiger charge is -2.24. The summed E-state index contributed by atoms with van der Waals surface area (Å²) in [6.07, 6.45) is 2.06. The third-order valence-corrected chi connectivity index (χ3v) is 5.53. The van der Waals surface area contributed by atoms with Crippen molar-refractivity contribution >= 4 is 25.2 Å². The number of rotatable bonds is 4. The van der Waals surface area contributed by atoms with Crippen LogP contribution in [0.4, 0.5) is 0 Å². The molecule has 0 aromatic rings. The lowest BCUT2D eigenvalue weighted by Crippen LogP contribution is -2.25. The Balaban J connectivity index is 2.76. The average Bonchev–Trinajstić information content (AvgIpc) is 2.54. The van der Waals surface area contributed by atoms with Crippen molar-refractivity contribution in [1.29, 1.82) is 0 Å². The van der Waals surface area contributed by atoms with Crippen LogP contribution in [0.25, 0.3) is 0 Å². The molecule has 0 bridgehead atoms. The van der Waals surface area contributed by atoms with Crippen molar-refractivity contribution in [2.45, 2.75) is 71.8 Å². The molecule has 0 saturated heterocycles. The predicted octanol–water partition coefficient (Wildman–Crippen LogP) is 5.22. The zero-order valence-corrected chi connectivity index (χ0v) is 16.1. The first kappa shape index (κ1) is 17.8. The number of carbonyl (C=O) groups excluding carboxylic acids is 1. The van der Waals surface area contributed by atoms with Gasteiger partial charge in [-0.3, -0.25) is 4.79 Å². The van der Waals surface area contributed by atoms with E-state index in [0.29, 0.717) is 11.0 Å². The summed E-state index contributed by atoms with van der Waals surface area (Å²) in [6, 6.07) is 0. The SMILES string of the molecule is CC1=C(O[Si](C)(C)C)CC[C@@H]1[C@H](C)C(=O)SC(C)(C)C. The topological polar surface area (TPSA) is 26.3 Å². The summed E-state index contributed by atoms with van der Waals surface area (Å²) in [5.74, 6) is 1.61. The summed E-state index contributed by atoms with van der Waals surface area (Å²) in [5.41, 5.74) is 1.31. The van der Waals surface area contributed by atoms with Crippen molar-refractivity contribution < 1.29 is 9.22 Å². The Hall–Kier alpha value is -0.223. The molecule has 2 nitrogen and oxygen atoms in total. The predicted molar refractivity (Wildman–Crippen MR) is 91.4 cm³/mol. The highest BCUT2D eigenvalue weighted by molar-refractivity contribution is 8.14. The monoisotopic (exact) mass is 314 g/mol. The molecule has 0 N–H and O–H groups in total. The second-order valence-corrected chi connectivity index (χ2v) is 14.0. The van der Waals surface area contributed by atoms with E-state index in [4.69, 9.17) is 4.43 Å². The van der Waals surface area contributed by atoms with Gasteiger partial charge in [0.15, 0.2) is 5.12 Å². The standard InChI is InChI=1S/C16H30O2SSi/c1-11-13(9-10-14(11)18-20(6,7)8)12(2)15(17)19-16(3,4)5/h12-13H,9-10H2,1-8H3/t12-,13-/m0/s1. The van der Waals surface area contributed by atoms with Crippen molar-refractivity contribution in [3.8, 4) is 0 Å². The summed E-state index contributed by atoms with van der Waals surface area (Å²) in [6.45, 7) is 17.2. The molecular weight excluding hydrogens is 284 g/mol. The molecule has 20 heavy (non-hydrogen) atoms. The van der Waals surface area contributed by atoms with Crippen molar-refractivity contribution in [2.24, 2.45) is 11.8 Å². The van der Waals surface area contributed by atoms with Crippen LogP contribution in [-0.2, 0) is 9.22 Å². The molecule has 4 heteroatoms. The van der Waals surface area contributed by atoms with Gasteiger partial charge in [0, 0.05) is 17.1 Å². The number of thioether (sulfide) groups is 1. The molecule has 0 heterocycles. The van der Waals surface area contributed by atoms with Gasteiger partial charge >= 0.3 is 0 Å². The van der Waals surface area contributed by atoms with Gasteiger partial charge in [-0.1, -0.05) is 39.5 Å². The van der Waals surface area contributed by atoms with Gasteiger partial charge in [-0.05, 0) is 44.5 Å². The fourth-order valence-electron chi connectivity index (χ4n) is 2.59. The van der Waals surface area contributed by atoms with Gasteiger partial charge in [0.05, 0.1) is 5.76 Å². The first-order valence-corrected chi connectivity index (χ1v) is 11.7. The van der Waals surface area contributed by atoms with E-state index in [0.717, 1.165) is 18.6 Å². The summed E-state index contributed by atoms with van der Waals surface area (Å²) >= 11 is 1.47. The maximum Gasteiger partial charge on any atom is 0.241 e. The Morgan fingerprint density at radius 1 is 1.35 bits per heavy atom. The average molecular weight is 315 g/mol. The molecule has 0 spiro atoms. The smallest absolute Gasteiger partial charge is 0.241 e. The Morgan fingerprint density at radius 2 is 1.90 bits per heavy atom. The Bertz CT molecular complexity index is 402.